The zero-order valence-electron chi connectivity index (χ0n) is 10.5. The molecule has 1 aliphatic heterocycles. The summed E-state index contributed by atoms with van der Waals surface area (Å²) >= 11 is 0. The maximum absolute atomic E-state index is 11.7. The van der Waals surface area contributed by atoms with E-state index in [2.05, 4.69) is 5.43 Å². The van der Waals surface area contributed by atoms with Crippen LogP contribution in [0.4, 0.5) is 4.79 Å². The van der Waals surface area contributed by atoms with Crippen LogP contribution < -0.4 is 5.43 Å². The Morgan fingerprint density at radius 3 is 2.41 bits per heavy atom. The van der Waals surface area contributed by atoms with Gasteiger partial charge in [-0.05, 0) is 25.2 Å². The van der Waals surface area contributed by atoms with Crippen molar-refractivity contribution >= 4 is 12.0 Å². The average molecular weight is 243 g/mol. The summed E-state index contributed by atoms with van der Waals surface area (Å²) in [7, 11) is 3.55. The molecule has 0 aromatic rings. The maximum Gasteiger partial charge on any atom is 0.331 e. The first-order valence-electron chi connectivity index (χ1n) is 5.93. The van der Waals surface area contributed by atoms with E-state index in [-0.39, 0.29) is 12.5 Å². The van der Waals surface area contributed by atoms with E-state index in [1.54, 1.807) is 24.0 Å². The van der Waals surface area contributed by atoms with Gasteiger partial charge in [-0.25, -0.2) is 9.80 Å². The summed E-state index contributed by atoms with van der Waals surface area (Å²) in [5.41, 5.74) is 2.70. The highest BCUT2D eigenvalue weighted by Gasteiger charge is 2.23. The standard InChI is InChI=1S/C11H21N3O3/c1-13(2)12-11(17)14-7-5-9(6-8-14)3-4-10(15)16/h9H,3-8H2,1-2H3,(H,12,17)(H,15,16). The molecule has 0 unspecified atom stereocenters. The molecule has 98 valence electrons. The van der Waals surface area contributed by atoms with Crippen LogP contribution in [0.1, 0.15) is 25.7 Å². The molecule has 0 spiro atoms. The fourth-order valence-electron chi connectivity index (χ4n) is 2.01. The topological polar surface area (TPSA) is 72.9 Å². The molecule has 0 aromatic carbocycles. The second-order valence-corrected chi connectivity index (χ2v) is 4.67. The number of hydrogen-bond donors (Lipinski definition) is 2. The lowest BCUT2D eigenvalue weighted by atomic mass is 9.92. The minimum absolute atomic E-state index is 0.0771. The average Bonchev–Trinajstić information content (AvgIpc) is 2.26. The van der Waals surface area contributed by atoms with Gasteiger partial charge in [0.25, 0.3) is 0 Å². The van der Waals surface area contributed by atoms with Crippen LogP contribution in [0.25, 0.3) is 0 Å². The first kappa shape index (κ1) is 13.8. The molecule has 6 nitrogen and oxygen atoms in total. The van der Waals surface area contributed by atoms with E-state index in [0.717, 1.165) is 19.3 Å². The van der Waals surface area contributed by atoms with Crippen molar-refractivity contribution in [2.45, 2.75) is 25.7 Å². The molecule has 1 saturated heterocycles. The molecule has 17 heavy (non-hydrogen) atoms. The van der Waals surface area contributed by atoms with Crippen molar-refractivity contribution in [3.8, 4) is 0 Å². The number of carboxylic acid groups (broad SMARTS) is 1. The number of amides is 2. The van der Waals surface area contributed by atoms with Crippen molar-refractivity contribution in [2.24, 2.45) is 5.92 Å². The summed E-state index contributed by atoms with van der Waals surface area (Å²) < 4.78 is 0. The van der Waals surface area contributed by atoms with Gasteiger partial charge < -0.3 is 10.0 Å². The van der Waals surface area contributed by atoms with Crippen molar-refractivity contribution in [1.82, 2.24) is 15.3 Å². The molecule has 2 amide bonds. The number of likely N-dealkylation sites (tertiary alicyclic amines) is 1. The predicted molar refractivity (Wildman–Crippen MR) is 63.4 cm³/mol. The third-order valence-corrected chi connectivity index (χ3v) is 2.99. The largest absolute Gasteiger partial charge is 0.481 e. The molecule has 0 saturated carbocycles. The zero-order valence-corrected chi connectivity index (χ0v) is 10.5. The lowest BCUT2D eigenvalue weighted by Gasteiger charge is -2.32. The van der Waals surface area contributed by atoms with Gasteiger partial charge in [0.2, 0.25) is 0 Å². The van der Waals surface area contributed by atoms with Crippen LogP contribution >= 0.6 is 0 Å². The molecule has 2 N–H and O–H groups in total. The molecule has 6 heteroatoms. The van der Waals surface area contributed by atoms with Crippen LogP contribution in [-0.4, -0.2) is 54.2 Å². The molecule has 0 bridgehead atoms. The molecule has 1 fully saturated rings. The molecule has 1 rings (SSSR count). The van der Waals surface area contributed by atoms with Gasteiger partial charge in [0.15, 0.2) is 0 Å². The smallest absolute Gasteiger partial charge is 0.331 e. The molecule has 0 aromatic heterocycles. The van der Waals surface area contributed by atoms with Gasteiger partial charge in [-0.1, -0.05) is 0 Å². The van der Waals surface area contributed by atoms with Crippen molar-refractivity contribution in [3.05, 3.63) is 0 Å². The summed E-state index contributed by atoms with van der Waals surface area (Å²) in [6, 6.07) is -0.0771. The van der Waals surface area contributed by atoms with E-state index < -0.39 is 5.97 Å². The van der Waals surface area contributed by atoms with Gasteiger partial charge >= 0.3 is 12.0 Å². The van der Waals surface area contributed by atoms with E-state index in [9.17, 15) is 9.59 Å². The number of nitrogens with one attached hydrogen (secondary N) is 1. The van der Waals surface area contributed by atoms with Crippen LogP contribution in [0.3, 0.4) is 0 Å². The maximum atomic E-state index is 11.7. The van der Waals surface area contributed by atoms with Crippen LogP contribution in [-0.2, 0) is 4.79 Å². The quantitative estimate of drug-likeness (QED) is 0.715. The van der Waals surface area contributed by atoms with Gasteiger partial charge in [-0.3, -0.25) is 10.2 Å². The first-order chi connectivity index (χ1) is 7.99. The number of urea groups is 1. The second-order valence-electron chi connectivity index (χ2n) is 4.67. The Hall–Kier alpha value is -1.30. The van der Waals surface area contributed by atoms with Gasteiger partial charge in [0, 0.05) is 33.6 Å². The molecule has 0 aliphatic carbocycles. The summed E-state index contributed by atoms with van der Waals surface area (Å²) in [6.07, 6.45) is 2.75. The molecule has 1 heterocycles. The number of carboxylic acids is 1. The number of piperidine rings is 1. The van der Waals surface area contributed by atoms with E-state index in [0.29, 0.717) is 19.0 Å². The Kier molecular flexibility index (Phi) is 5.21. The highest BCUT2D eigenvalue weighted by molar-refractivity contribution is 5.73. The molecule has 1 aliphatic rings. The summed E-state index contributed by atoms with van der Waals surface area (Å²) in [5.74, 6) is -0.299. The van der Waals surface area contributed by atoms with Gasteiger partial charge in [0.1, 0.15) is 0 Å². The number of nitrogens with zero attached hydrogens (tertiary/aromatic N) is 2. The number of hydrazine groups is 1. The number of aliphatic carboxylic acids is 1. The van der Waals surface area contributed by atoms with Crippen LogP contribution in [0.15, 0.2) is 0 Å². The lowest BCUT2D eigenvalue weighted by molar-refractivity contribution is -0.137. The van der Waals surface area contributed by atoms with Gasteiger partial charge in [0.05, 0.1) is 0 Å². The number of rotatable bonds is 4. The molecular formula is C11H21N3O3. The fourth-order valence-corrected chi connectivity index (χ4v) is 2.01. The van der Waals surface area contributed by atoms with E-state index in [1.807, 2.05) is 0 Å². The summed E-state index contributed by atoms with van der Waals surface area (Å²) in [4.78, 5) is 23.9. The Labute approximate surface area is 102 Å². The minimum Gasteiger partial charge on any atom is -0.481 e. The fraction of sp³-hybridized carbons (Fsp3) is 0.818. The zero-order chi connectivity index (χ0) is 12.8. The molecule has 0 atom stereocenters. The van der Waals surface area contributed by atoms with Crippen molar-refractivity contribution in [2.75, 3.05) is 27.2 Å². The van der Waals surface area contributed by atoms with E-state index >= 15 is 0 Å². The van der Waals surface area contributed by atoms with Crippen molar-refractivity contribution < 1.29 is 14.7 Å². The van der Waals surface area contributed by atoms with Crippen LogP contribution in [0, 0.1) is 5.92 Å². The number of hydrogen-bond acceptors (Lipinski definition) is 3. The van der Waals surface area contributed by atoms with E-state index in [4.69, 9.17) is 5.11 Å². The Morgan fingerprint density at radius 1 is 1.35 bits per heavy atom. The lowest BCUT2D eigenvalue weighted by Crippen LogP contribution is -2.48. The Balaban J connectivity index is 2.25. The number of carbonyl (C=O) groups excluding carboxylic acids is 1. The minimum atomic E-state index is -0.738. The number of carbonyl (C=O) groups is 2. The monoisotopic (exact) mass is 243 g/mol. The highest BCUT2D eigenvalue weighted by Crippen LogP contribution is 2.21. The Bertz CT molecular complexity index is 273. The summed E-state index contributed by atoms with van der Waals surface area (Å²) in [6.45, 7) is 1.42. The van der Waals surface area contributed by atoms with E-state index in [1.165, 1.54) is 0 Å². The first-order valence-corrected chi connectivity index (χ1v) is 5.93. The predicted octanol–water partition coefficient (Wildman–Crippen LogP) is 0.749. The van der Waals surface area contributed by atoms with Crippen molar-refractivity contribution in [3.63, 3.8) is 0 Å². The van der Waals surface area contributed by atoms with Gasteiger partial charge in [-0.15, -0.1) is 0 Å². The van der Waals surface area contributed by atoms with Gasteiger partial charge in [-0.2, -0.15) is 0 Å². The SMILES string of the molecule is CN(C)NC(=O)N1CCC(CCC(=O)O)CC1. The summed E-state index contributed by atoms with van der Waals surface area (Å²) in [5, 5.41) is 10.2. The Morgan fingerprint density at radius 2 is 1.94 bits per heavy atom. The highest BCUT2D eigenvalue weighted by atomic mass is 16.4. The van der Waals surface area contributed by atoms with Crippen LogP contribution in [0.5, 0.6) is 0 Å². The second kappa shape index (κ2) is 6.44. The normalized spacial score (nSPS) is 17.2. The molecular weight excluding hydrogens is 222 g/mol. The van der Waals surface area contributed by atoms with Crippen molar-refractivity contribution in [1.29, 1.82) is 0 Å². The molecule has 0 radical (unpaired) electrons. The van der Waals surface area contributed by atoms with Crippen LogP contribution in [0.2, 0.25) is 0 Å². The third-order valence-electron chi connectivity index (χ3n) is 2.99. The third kappa shape index (κ3) is 5.04.